The van der Waals surface area contributed by atoms with Crippen LogP contribution < -0.4 is 0 Å². The van der Waals surface area contributed by atoms with E-state index in [1.807, 2.05) is 4.90 Å². The molecule has 1 fully saturated rings. The number of thiol groups is 1. The Morgan fingerprint density at radius 1 is 1.43 bits per heavy atom. The third kappa shape index (κ3) is 2.91. The molecule has 1 aliphatic carbocycles. The Morgan fingerprint density at radius 3 is 2.43 bits per heavy atom. The van der Waals surface area contributed by atoms with E-state index < -0.39 is 0 Å². The summed E-state index contributed by atoms with van der Waals surface area (Å²) in [6.45, 7) is 4.24. The molecule has 1 saturated carbocycles. The van der Waals surface area contributed by atoms with Gasteiger partial charge in [-0.2, -0.15) is 0 Å². The summed E-state index contributed by atoms with van der Waals surface area (Å²) >= 11 is 3.98. The lowest BCUT2D eigenvalue weighted by atomic mass is 9.93. The number of hydrogen-bond donors (Lipinski definition) is 1. The molecule has 2 nitrogen and oxygen atoms in total. The summed E-state index contributed by atoms with van der Waals surface area (Å²) in [5, 5.41) is -0.0498. The zero-order chi connectivity index (χ0) is 10.6. The van der Waals surface area contributed by atoms with E-state index in [2.05, 4.69) is 26.5 Å². The van der Waals surface area contributed by atoms with Crippen molar-refractivity contribution in [1.29, 1.82) is 0 Å². The van der Waals surface area contributed by atoms with Gasteiger partial charge in [-0.1, -0.05) is 38.8 Å². The molecule has 3 heteroatoms. The molecule has 0 bridgehead atoms. The highest BCUT2D eigenvalue weighted by molar-refractivity contribution is 7.96. The van der Waals surface area contributed by atoms with Crippen molar-refractivity contribution in [2.24, 2.45) is 0 Å². The van der Waals surface area contributed by atoms with E-state index in [0.29, 0.717) is 12.1 Å². The summed E-state index contributed by atoms with van der Waals surface area (Å²) < 4.78 is 0. The first-order valence-electron chi connectivity index (χ1n) is 5.68. The largest absolute Gasteiger partial charge is 0.328 e. The summed E-state index contributed by atoms with van der Waals surface area (Å²) in [6.07, 6.45) is 7.19. The van der Waals surface area contributed by atoms with Crippen molar-refractivity contribution >= 4 is 17.9 Å². The molecule has 0 heterocycles. The van der Waals surface area contributed by atoms with Crippen LogP contribution in [0.5, 0.6) is 0 Å². The minimum Gasteiger partial charge on any atom is -0.328 e. The van der Waals surface area contributed by atoms with E-state index in [-0.39, 0.29) is 5.24 Å². The van der Waals surface area contributed by atoms with E-state index in [1.165, 1.54) is 19.3 Å². The molecule has 0 aromatic rings. The van der Waals surface area contributed by atoms with Crippen LogP contribution in [-0.4, -0.2) is 22.2 Å². The van der Waals surface area contributed by atoms with Crippen molar-refractivity contribution in [3.63, 3.8) is 0 Å². The van der Waals surface area contributed by atoms with E-state index in [4.69, 9.17) is 0 Å². The van der Waals surface area contributed by atoms with Gasteiger partial charge in [0.25, 0.3) is 5.24 Å². The van der Waals surface area contributed by atoms with Crippen molar-refractivity contribution in [3.8, 4) is 0 Å². The van der Waals surface area contributed by atoms with Gasteiger partial charge >= 0.3 is 0 Å². The molecule has 1 aliphatic rings. The van der Waals surface area contributed by atoms with Crippen LogP contribution in [0.25, 0.3) is 0 Å². The average molecular weight is 215 g/mol. The van der Waals surface area contributed by atoms with Gasteiger partial charge in [0.15, 0.2) is 0 Å². The van der Waals surface area contributed by atoms with E-state index >= 15 is 0 Å². The van der Waals surface area contributed by atoms with Crippen LogP contribution in [-0.2, 0) is 0 Å². The van der Waals surface area contributed by atoms with Crippen LogP contribution in [0.15, 0.2) is 0 Å². The Bertz CT molecular complexity index is 190. The lowest BCUT2D eigenvalue weighted by Crippen LogP contribution is -2.44. The van der Waals surface area contributed by atoms with E-state index in [0.717, 1.165) is 19.3 Å². The summed E-state index contributed by atoms with van der Waals surface area (Å²) in [5.41, 5.74) is 0. The maximum atomic E-state index is 11.4. The molecule has 0 N–H and O–H groups in total. The smallest absolute Gasteiger partial charge is 0.279 e. The highest BCUT2D eigenvalue weighted by atomic mass is 32.1. The van der Waals surface area contributed by atoms with Crippen LogP contribution in [0.1, 0.15) is 52.4 Å². The fourth-order valence-electron chi connectivity index (χ4n) is 2.26. The molecule has 1 atom stereocenters. The van der Waals surface area contributed by atoms with Crippen molar-refractivity contribution in [1.82, 2.24) is 4.90 Å². The van der Waals surface area contributed by atoms with Crippen molar-refractivity contribution in [3.05, 3.63) is 0 Å². The Labute approximate surface area is 92.5 Å². The lowest BCUT2D eigenvalue weighted by molar-refractivity contribution is 0.147. The highest BCUT2D eigenvalue weighted by Crippen LogP contribution is 2.25. The first-order valence-corrected chi connectivity index (χ1v) is 6.12. The monoisotopic (exact) mass is 215 g/mol. The van der Waals surface area contributed by atoms with Crippen LogP contribution in [0.3, 0.4) is 0 Å². The fraction of sp³-hybridized carbons (Fsp3) is 0.909. The predicted octanol–water partition coefficient (Wildman–Crippen LogP) is 3.47. The molecular formula is C11H21NOS. The molecule has 0 radical (unpaired) electrons. The molecule has 82 valence electrons. The van der Waals surface area contributed by atoms with Gasteiger partial charge in [-0.25, -0.2) is 0 Å². The third-order valence-corrected chi connectivity index (χ3v) is 3.49. The predicted molar refractivity (Wildman–Crippen MR) is 62.8 cm³/mol. The molecule has 0 spiro atoms. The first-order chi connectivity index (χ1) is 6.66. The molecular weight excluding hydrogens is 194 g/mol. The topological polar surface area (TPSA) is 20.3 Å². The SMILES string of the molecule is CC[C@H](C)N(C(=O)S)C1CCCCC1. The minimum atomic E-state index is -0.0498. The second-order valence-corrected chi connectivity index (χ2v) is 4.62. The van der Waals surface area contributed by atoms with Crippen LogP contribution in [0, 0.1) is 0 Å². The molecule has 0 aromatic carbocycles. The van der Waals surface area contributed by atoms with Crippen molar-refractivity contribution in [2.45, 2.75) is 64.5 Å². The number of carbonyl (C=O) groups excluding carboxylic acids is 1. The van der Waals surface area contributed by atoms with Gasteiger partial charge in [0.2, 0.25) is 0 Å². The van der Waals surface area contributed by atoms with Crippen LogP contribution >= 0.6 is 12.6 Å². The Balaban J connectivity index is 2.60. The van der Waals surface area contributed by atoms with Gasteiger partial charge in [-0.15, -0.1) is 0 Å². The van der Waals surface area contributed by atoms with Gasteiger partial charge in [-0.3, -0.25) is 4.79 Å². The summed E-state index contributed by atoms with van der Waals surface area (Å²) in [4.78, 5) is 13.4. The molecule has 1 rings (SSSR count). The lowest BCUT2D eigenvalue weighted by Gasteiger charge is -2.37. The molecule has 0 unspecified atom stereocenters. The number of rotatable bonds is 3. The second kappa shape index (κ2) is 5.64. The number of carbonyl (C=O) groups is 1. The summed E-state index contributed by atoms with van der Waals surface area (Å²) in [5.74, 6) is 0. The number of amides is 1. The van der Waals surface area contributed by atoms with E-state index in [9.17, 15) is 4.79 Å². The molecule has 0 saturated heterocycles. The fourth-order valence-corrected chi connectivity index (χ4v) is 2.62. The Hall–Kier alpha value is -0.180. The molecule has 0 aliphatic heterocycles. The van der Waals surface area contributed by atoms with Crippen molar-refractivity contribution < 1.29 is 4.79 Å². The first kappa shape index (κ1) is 11.9. The zero-order valence-corrected chi connectivity index (χ0v) is 10.1. The highest BCUT2D eigenvalue weighted by Gasteiger charge is 2.26. The third-order valence-electron chi connectivity index (χ3n) is 3.25. The summed E-state index contributed by atoms with van der Waals surface area (Å²) in [6, 6.07) is 0.784. The maximum Gasteiger partial charge on any atom is 0.279 e. The van der Waals surface area contributed by atoms with Gasteiger partial charge in [0, 0.05) is 12.1 Å². The van der Waals surface area contributed by atoms with Crippen molar-refractivity contribution in [2.75, 3.05) is 0 Å². The zero-order valence-electron chi connectivity index (χ0n) is 9.20. The molecule has 0 aromatic heterocycles. The Kier molecular flexibility index (Phi) is 4.79. The molecule has 1 amide bonds. The van der Waals surface area contributed by atoms with E-state index in [1.54, 1.807) is 0 Å². The van der Waals surface area contributed by atoms with Crippen LogP contribution in [0.2, 0.25) is 0 Å². The van der Waals surface area contributed by atoms with Crippen LogP contribution in [0.4, 0.5) is 4.79 Å². The Morgan fingerprint density at radius 2 is 2.00 bits per heavy atom. The quantitative estimate of drug-likeness (QED) is 0.715. The normalized spacial score (nSPS) is 20.5. The summed E-state index contributed by atoms with van der Waals surface area (Å²) in [7, 11) is 0. The second-order valence-electron chi connectivity index (χ2n) is 4.24. The average Bonchev–Trinajstić information content (AvgIpc) is 2.19. The number of nitrogens with zero attached hydrogens (tertiary/aromatic N) is 1. The van der Waals surface area contributed by atoms with Gasteiger partial charge in [0.05, 0.1) is 0 Å². The maximum absolute atomic E-state index is 11.4. The van der Waals surface area contributed by atoms with Gasteiger partial charge in [-0.05, 0) is 26.2 Å². The van der Waals surface area contributed by atoms with Gasteiger partial charge < -0.3 is 4.90 Å². The van der Waals surface area contributed by atoms with Gasteiger partial charge in [0.1, 0.15) is 0 Å². The number of hydrogen-bond acceptors (Lipinski definition) is 1. The minimum absolute atomic E-state index is 0.0498. The standard InChI is InChI=1S/C11H21NOS/c1-3-9(2)12(11(13)14)10-7-5-4-6-8-10/h9-10H,3-8H2,1-2H3,(H,13,14)/t9-/m0/s1. The molecule has 14 heavy (non-hydrogen) atoms.